The molecule has 1 rings (SSSR count). The first-order chi connectivity index (χ1) is 7.19. The largest absolute Gasteiger partial charge is 0.468 e. The van der Waals surface area contributed by atoms with E-state index in [1.807, 2.05) is 0 Å². The Balaban J connectivity index is 2.60. The van der Waals surface area contributed by atoms with Crippen molar-refractivity contribution in [3.63, 3.8) is 0 Å². The number of esters is 1. The van der Waals surface area contributed by atoms with Crippen LogP contribution in [-0.4, -0.2) is 56.9 Å². The van der Waals surface area contributed by atoms with E-state index in [0.717, 1.165) is 6.42 Å². The lowest BCUT2D eigenvalue weighted by molar-refractivity contribution is -0.143. The van der Waals surface area contributed by atoms with Gasteiger partial charge < -0.3 is 19.7 Å². The summed E-state index contributed by atoms with van der Waals surface area (Å²) < 4.78 is 9.24. The van der Waals surface area contributed by atoms with Crippen molar-refractivity contribution in [2.45, 2.75) is 12.5 Å². The van der Waals surface area contributed by atoms with Gasteiger partial charge in [-0.1, -0.05) is 0 Å². The molecule has 0 aromatic rings. The molecule has 0 bridgehead atoms. The number of ether oxygens (including phenoxy) is 2. The standard InChI is InChI=1S/C9H16N2O4/c1-14-8(12)7-6-11(9(13)15-2)5-3-4-10-7/h7,10H,3-6H2,1-2H3. The number of carbonyl (C=O) groups is 2. The minimum Gasteiger partial charge on any atom is -0.468 e. The first-order valence-electron chi connectivity index (χ1n) is 4.83. The van der Waals surface area contributed by atoms with Gasteiger partial charge in [-0.25, -0.2) is 4.79 Å². The van der Waals surface area contributed by atoms with E-state index in [-0.39, 0.29) is 5.97 Å². The van der Waals surface area contributed by atoms with Gasteiger partial charge in [-0.05, 0) is 13.0 Å². The Bertz CT molecular complexity index is 220. The summed E-state index contributed by atoms with van der Waals surface area (Å²) in [5, 5.41) is 3.02. The molecule has 0 aliphatic carbocycles. The van der Waals surface area contributed by atoms with Crippen LogP contribution in [0.4, 0.5) is 4.79 Å². The molecule has 1 saturated heterocycles. The van der Waals surface area contributed by atoms with E-state index in [4.69, 9.17) is 0 Å². The summed E-state index contributed by atoms with van der Waals surface area (Å²) in [7, 11) is 2.66. The van der Waals surface area contributed by atoms with E-state index in [1.54, 1.807) is 0 Å². The number of carbonyl (C=O) groups excluding carboxylic acids is 2. The molecular weight excluding hydrogens is 200 g/mol. The van der Waals surface area contributed by atoms with Gasteiger partial charge in [-0.15, -0.1) is 0 Å². The van der Waals surface area contributed by atoms with Crippen molar-refractivity contribution >= 4 is 12.1 Å². The van der Waals surface area contributed by atoms with E-state index >= 15 is 0 Å². The minimum absolute atomic E-state index is 0.291. The molecule has 1 aliphatic rings. The molecule has 1 atom stereocenters. The Morgan fingerprint density at radius 1 is 1.33 bits per heavy atom. The van der Waals surface area contributed by atoms with Gasteiger partial charge in [0, 0.05) is 6.54 Å². The minimum atomic E-state index is -0.461. The maximum atomic E-state index is 11.3. The molecule has 0 aromatic carbocycles. The summed E-state index contributed by atoms with van der Waals surface area (Å²) in [4.78, 5) is 24.1. The molecule has 0 saturated carbocycles. The first kappa shape index (κ1) is 11.8. The third-order valence-corrected chi connectivity index (χ3v) is 2.32. The van der Waals surface area contributed by atoms with Crippen LogP contribution in [0.2, 0.25) is 0 Å². The molecule has 0 radical (unpaired) electrons. The Morgan fingerprint density at radius 2 is 2.07 bits per heavy atom. The van der Waals surface area contributed by atoms with Gasteiger partial charge in [0.2, 0.25) is 0 Å². The van der Waals surface area contributed by atoms with Gasteiger partial charge in [-0.3, -0.25) is 4.79 Å². The summed E-state index contributed by atoms with van der Waals surface area (Å²) in [5.74, 6) is -0.356. The fraction of sp³-hybridized carbons (Fsp3) is 0.778. The van der Waals surface area contributed by atoms with Crippen molar-refractivity contribution in [2.75, 3.05) is 33.9 Å². The van der Waals surface area contributed by atoms with Crippen LogP contribution in [0.15, 0.2) is 0 Å². The average molecular weight is 216 g/mol. The number of hydrogen-bond acceptors (Lipinski definition) is 5. The van der Waals surface area contributed by atoms with Crippen LogP contribution in [0, 0.1) is 0 Å². The number of methoxy groups -OCH3 is 2. The highest BCUT2D eigenvalue weighted by molar-refractivity contribution is 5.77. The SMILES string of the molecule is COC(=O)C1CN(C(=O)OC)CCCN1. The van der Waals surface area contributed by atoms with Crippen LogP contribution < -0.4 is 5.32 Å². The summed E-state index contributed by atoms with van der Waals surface area (Å²) in [5.41, 5.74) is 0. The zero-order valence-electron chi connectivity index (χ0n) is 8.99. The van der Waals surface area contributed by atoms with Crippen LogP contribution in [0.25, 0.3) is 0 Å². The van der Waals surface area contributed by atoms with Crippen molar-refractivity contribution in [3.05, 3.63) is 0 Å². The van der Waals surface area contributed by atoms with Gasteiger partial charge in [0.25, 0.3) is 0 Å². The van der Waals surface area contributed by atoms with Crippen LogP contribution in [-0.2, 0) is 14.3 Å². The summed E-state index contributed by atoms with van der Waals surface area (Å²) >= 11 is 0. The fourth-order valence-corrected chi connectivity index (χ4v) is 1.52. The Labute approximate surface area is 88.5 Å². The van der Waals surface area contributed by atoms with Crippen LogP contribution in [0.3, 0.4) is 0 Å². The van der Waals surface area contributed by atoms with Crippen molar-refractivity contribution < 1.29 is 19.1 Å². The molecule has 86 valence electrons. The zero-order chi connectivity index (χ0) is 11.3. The molecule has 1 amide bonds. The van der Waals surface area contributed by atoms with Gasteiger partial charge in [0.05, 0.1) is 20.8 Å². The van der Waals surface area contributed by atoms with E-state index in [1.165, 1.54) is 19.1 Å². The second kappa shape index (κ2) is 5.55. The lowest BCUT2D eigenvalue weighted by Gasteiger charge is -2.21. The maximum absolute atomic E-state index is 11.3. The van der Waals surface area contributed by atoms with Crippen LogP contribution in [0.5, 0.6) is 0 Å². The van der Waals surface area contributed by atoms with Crippen molar-refractivity contribution in [1.29, 1.82) is 0 Å². The molecule has 6 nitrogen and oxygen atoms in total. The molecule has 1 N–H and O–H groups in total. The van der Waals surface area contributed by atoms with Crippen molar-refractivity contribution in [1.82, 2.24) is 10.2 Å². The fourth-order valence-electron chi connectivity index (χ4n) is 1.52. The first-order valence-corrected chi connectivity index (χ1v) is 4.83. The summed E-state index contributed by atoms with van der Waals surface area (Å²) in [6.45, 7) is 1.57. The van der Waals surface area contributed by atoms with Crippen LogP contribution in [0.1, 0.15) is 6.42 Å². The lowest BCUT2D eigenvalue weighted by atomic mass is 10.3. The third-order valence-electron chi connectivity index (χ3n) is 2.32. The van der Waals surface area contributed by atoms with Gasteiger partial charge in [0.1, 0.15) is 6.04 Å². The Hall–Kier alpha value is -1.30. The monoisotopic (exact) mass is 216 g/mol. The second-order valence-electron chi connectivity index (χ2n) is 3.30. The topological polar surface area (TPSA) is 67.9 Å². The average Bonchev–Trinajstić information content (AvgIpc) is 2.52. The van der Waals surface area contributed by atoms with Gasteiger partial charge in [-0.2, -0.15) is 0 Å². The summed E-state index contributed by atoms with van der Waals surface area (Å²) in [6.07, 6.45) is 0.385. The third kappa shape index (κ3) is 3.09. The van der Waals surface area contributed by atoms with Gasteiger partial charge in [0.15, 0.2) is 0 Å². The quantitative estimate of drug-likeness (QED) is 0.603. The second-order valence-corrected chi connectivity index (χ2v) is 3.30. The predicted octanol–water partition coefficient (Wildman–Crippen LogP) is -0.410. The smallest absolute Gasteiger partial charge is 0.409 e. The zero-order valence-corrected chi connectivity index (χ0v) is 8.99. The molecule has 15 heavy (non-hydrogen) atoms. The van der Waals surface area contributed by atoms with E-state index < -0.39 is 12.1 Å². The normalized spacial score (nSPS) is 21.7. The highest BCUT2D eigenvalue weighted by Crippen LogP contribution is 2.03. The maximum Gasteiger partial charge on any atom is 0.409 e. The number of nitrogens with zero attached hydrogens (tertiary/aromatic N) is 1. The van der Waals surface area contributed by atoms with Crippen molar-refractivity contribution in [2.24, 2.45) is 0 Å². The van der Waals surface area contributed by atoms with Crippen molar-refractivity contribution in [3.8, 4) is 0 Å². The predicted molar refractivity (Wildman–Crippen MR) is 52.4 cm³/mol. The molecule has 1 fully saturated rings. The van der Waals surface area contributed by atoms with E-state index in [0.29, 0.717) is 19.6 Å². The molecule has 6 heteroatoms. The number of amides is 1. The molecule has 1 unspecified atom stereocenters. The Kier molecular flexibility index (Phi) is 4.36. The molecular formula is C9H16N2O4. The molecule has 1 aliphatic heterocycles. The molecule has 1 heterocycles. The number of nitrogens with one attached hydrogen (secondary N) is 1. The number of hydrogen-bond donors (Lipinski definition) is 1. The van der Waals surface area contributed by atoms with Crippen LogP contribution >= 0.6 is 0 Å². The molecule has 0 aromatic heterocycles. The highest BCUT2D eigenvalue weighted by Gasteiger charge is 2.27. The Morgan fingerprint density at radius 3 is 2.67 bits per heavy atom. The van der Waals surface area contributed by atoms with Gasteiger partial charge >= 0.3 is 12.1 Å². The lowest BCUT2D eigenvalue weighted by Crippen LogP contribution is -2.45. The van der Waals surface area contributed by atoms with E-state index in [2.05, 4.69) is 14.8 Å². The number of rotatable bonds is 1. The highest BCUT2D eigenvalue weighted by atomic mass is 16.5. The van der Waals surface area contributed by atoms with E-state index in [9.17, 15) is 9.59 Å². The molecule has 0 spiro atoms. The summed E-state index contributed by atoms with van der Waals surface area (Å²) in [6, 6.07) is -0.461.